The van der Waals surface area contributed by atoms with Gasteiger partial charge in [0.2, 0.25) is 5.91 Å². The second kappa shape index (κ2) is 9.51. The third-order valence-electron chi connectivity index (χ3n) is 5.79. The number of fused-ring (bicyclic) bond motifs is 3. The van der Waals surface area contributed by atoms with Crippen molar-refractivity contribution in [2.24, 2.45) is 5.92 Å². The second-order valence-electron chi connectivity index (χ2n) is 7.86. The summed E-state index contributed by atoms with van der Waals surface area (Å²) in [5.41, 5.74) is 7.63. The topological polar surface area (TPSA) is 98.4 Å². The fourth-order valence-corrected chi connectivity index (χ4v) is 6.36. The van der Waals surface area contributed by atoms with Gasteiger partial charge in [0.05, 0.1) is 23.7 Å². The summed E-state index contributed by atoms with van der Waals surface area (Å²) in [7, 11) is 0. The summed E-state index contributed by atoms with van der Waals surface area (Å²) in [5.74, 6) is 0.331. The Balaban J connectivity index is 1.42. The summed E-state index contributed by atoms with van der Waals surface area (Å²) in [6, 6.07) is 0. The van der Waals surface area contributed by atoms with Crippen LogP contribution in [0.1, 0.15) is 49.5 Å². The largest absolute Gasteiger partial charge is 0.466 e. The van der Waals surface area contributed by atoms with E-state index in [1.165, 1.54) is 41.5 Å². The van der Waals surface area contributed by atoms with Gasteiger partial charge in [-0.1, -0.05) is 18.2 Å². The zero-order valence-electron chi connectivity index (χ0n) is 17.3. The van der Waals surface area contributed by atoms with Gasteiger partial charge >= 0.3 is 5.97 Å². The number of rotatable bonds is 5. The summed E-state index contributed by atoms with van der Waals surface area (Å²) in [4.78, 5) is 38.0. The average Bonchev–Trinajstić information content (AvgIpc) is 2.94. The molecule has 0 radical (unpaired) electrons. The molecule has 0 aromatic carbocycles. The Morgan fingerprint density at radius 1 is 1.23 bits per heavy atom. The Hall–Kier alpha value is -1.87. The number of aromatic nitrogens is 2. The lowest BCUT2D eigenvalue weighted by Gasteiger charge is -2.31. The predicted molar refractivity (Wildman–Crippen MR) is 120 cm³/mol. The fraction of sp³-hybridized carbons (Fsp3) is 0.619. The fourth-order valence-electron chi connectivity index (χ4n) is 4.28. The lowest BCUT2D eigenvalue weighted by Crippen LogP contribution is -2.43. The second-order valence-corrected chi connectivity index (χ2v) is 9.88. The number of esters is 1. The number of carbonyl (C=O) groups is 2. The van der Waals surface area contributed by atoms with Crippen LogP contribution in [0.4, 0.5) is 5.82 Å². The van der Waals surface area contributed by atoms with Crippen molar-refractivity contribution in [2.75, 3.05) is 31.2 Å². The number of hydrogen-bond acceptors (Lipinski definition) is 8. The van der Waals surface area contributed by atoms with Gasteiger partial charge in [0.25, 0.3) is 0 Å². The van der Waals surface area contributed by atoms with E-state index in [1.54, 1.807) is 23.2 Å². The standard InChI is InChI=1S/C21H28N4O3S2/c1-2-28-20(27)13-7-6-10-25(11-13)16(26)12-29-21-23-18(22)17-14-8-4-3-5-9-15(14)30-19(17)24-21/h13H,2-12H2,1H3,(H2,22,23,24)/t13-/m1/s1. The number of anilines is 1. The van der Waals surface area contributed by atoms with E-state index in [0.717, 1.165) is 35.9 Å². The van der Waals surface area contributed by atoms with E-state index in [4.69, 9.17) is 15.5 Å². The number of piperidine rings is 1. The average molecular weight is 449 g/mol. The van der Waals surface area contributed by atoms with Crippen LogP contribution in [0.3, 0.4) is 0 Å². The summed E-state index contributed by atoms with van der Waals surface area (Å²) in [6.07, 6.45) is 7.38. The maximum absolute atomic E-state index is 12.7. The Bertz CT molecular complexity index is 946. The molecule has 162 valence electrons. The van der Waals surface area contributed by atoms with Crippen LogP contribution in [0, 0.1) is 5.92 Å². The third-order valence-corrected chi connectivity index (χ3v) is 7.81. The molecule has 1 aliphatic heterocycles. The van der Waals surface area contributed by atoms with Crippen LogP contribution in [0.2, 0.25) is 0 Å². The number of likely N-dealkylation sites (tertiary alicyclic amines) is 1. The van der Waals surface area contributed by atoms with Crippen LogP contribution in [-0.4, -0.2) is 52.2 Å². The van der Waals surface area contributed by atoms with Crippen molar-refractivity contribution in [1.29, 1.82) is 0 Å². The van der Waals surface area contributed by atoms with Crippen molar-refractivity contribution in [2.45, 2.75) is 57.0 Å². The zero-order chi connectivity index (χ0) is 21.1. The van der Waals surface area contributed by atoms with Gasteiger partial charge in [0.1, 0.15) is 10.6 Å². The number of aryl methyl sites for hydroxylation is 2. The van der Waals surface area contributed by atoms with Crippen molar-refractivity contribution in [3.8, 4) is 0 Å². The minimum atomic E-state index is -0.225. The molecule has 1 fully saturated rings. The molecule has 2 N–H and O–H groups in total. The lowest BCUT2D eigenvalue weighted by molar-refractivity contribution is -0.151. The van der Waals surface area contributed by atoms with Crippen LogP contribution in [-0.2, 0) is 27.2 Å². The zero-order valence-corrected chi connectivity index (χ0v) is 18.9. The molecule has 0 spiro atoms. The van der Waals surface area contributed by atoms with Crippen LogP contribution >= 0.6 is 23.1 Å². The third kappa shape index (κ3) is 4.56. The van der Waals surface area contributed by atoms with E-state index in [2.05, 4.69) is 4.98 Å². The van der Waals surface area contributed by atoms with Gasteiger partial charge in [-0.3, -0.25) is 9.59 Å². The molecule has 3 heterocycles. The highest BCUT2D eigenvalue weighted by molar-refractivity contribution is 7.99. The molecule has 0 unspecified atom stereocenters. The first kappa shape index (κ1) is 21.4. The van der Waals surface area contributed by atoms with Crippen LogP contribution in [0.25, 0.3) is 10.2 Å². The van der Waals surface area contributed by atoms with Crippen molar-refractivity contribution < 1.29 is 14.3 Å². The number of nitrogens with two attached hydrogens (primary N) is 1. The van der Waals surface area contributed by atoms with E-state index in [0.29, 0.717) is 30.7 Å². The molecule has 2 aromatic heterocycles. The number of nitrogens with zero attached hydrogens (tertiary/aromatic N) is 3. The molecular weight excluding hydrogens is 420 g/mol. The van der Waals surface area contributed by atoms with Crippen molar-refractivity contribution in [1.82, 2.24) is 14.9 Å². The van der Waals surface area contributed by atoms with Crippen LogP contribution in [0.5, 0.6) is 0 Å². The quantitative estimate of drug-likeness (QED) is 0.324. The molecule has 1 saturated heterocycles. The SMILES string of the molecule is CCOC(=O)[C@@H]1CCCN(C(=O)CSc2nc(N)c3c4c(sc3n2)CCCCC4)C1. The molecule has 9 heteroatoms. The smallest absolute Gasteiger partial charge is 0.310 e. The number of thioether (sulfide) groups is 1. The number of carbonyl (C=O) groups excluding carboxylic acids is 2. The van der Waals surface area contributed by atoms with Gasteiger partial charge in [-0.15, -0.1) is 11.3 Å². The van der Waals surface area contributed by atoms with Gasteiger partial charge in [-0.05, 0) is 51.0 Å². The number of ether oxygens (including phenoxy) is 1. The van der Waals surface area contributed by atoms with Gasteiger partial charge in [-0.25, -0.2) is 9.97 Å². The van der Waals surface area contributed by atoms with Crippen LogP contribution in [0.15, 0.2) is 5.16 Å². The summed E-state index contributed by atoms with van der Waals surface area (Å²) < 4.78 is 5.12. The molecule has 2 aliphatic rings. The molecular formula is C21H28N4O3S2. The first-order valence-corrected chi connectivity index (χ1v) is 12.5. The van der Waals surface area contributed by atoms with Crippen molar-refractivity contribution >= 4 is 51.0 Å². The molecule has 1 aliphatic carbocycles. The summed E-state index contributed by atoms with van der Waals surface area (Å²) in [5, 5.41) is 1.56. The minimum absolute atomic E-state index is 0.00164. The maximum Gasteiger partial charge on any atom is 0.310 e. The first-order valence-electron chi connectivity index (χ1n) is 10.7. The number of amides is 1. The number of thiophene rings is 1. The van der Waals surface area contributed by atoms with Gasteiger partial charge in [-0.2, -0.15) is 0 Å². The monoisotopic (exact) mass is 448 g/mol. The summed E-state index contributed by atoms with van der Waals surface area (Å²) >= 11 is 3.04. The lowest BCUT2D eigenvalue weighted by atomic mass is 9.98. The van der Waals surface area contributed by atoms with Gasteiger partial charge < -0.3 is 15.4 Å². The molecule has 4 rings (SSSR count). The highest BCUT2D eigenvalue weighted by Gasteiger charge is 2.29. The Morgan fingerprint density at radius 2 is 2.07 bits per heavy atom. The molecule has 7 nitrogen and oxygen atoms in total. The van der Waals surface area contributed by atoms with E-state index in [9.17, 15) is 9.59 Å². The molecule has 0 saturated carbocycles. The minimum Gasteiger partial charge on any atom is -0.466 e. The number of nitrogen functional groups attached to an aromatic ring is 1. The highest BCUT2D eigenvalue weighted by Crippen LogP contribution is 2.38. The highest BCUT2D eigenvalue weighted by atomic mass is 32.2. The molecule has 1 amide bonds. The molecule has 2 aromatic rings. The molecule has 30 heavy (non-hydrogen) atoms. The van der Waals surface area contributed by atoms with E-state index in [-0.39, 0.29) is 23.5 Å². The Labute approximate surface area is 184 Å². The van der Waals surface area contributed by atoms with Crippen LogP contribution < -0.4 is 5.73 Å². The first-order chi connectivity index (χ1) is 14.6. The van der Waals surface area contributed by atoms with E-state index >= 15 is 0 Å². The molecule has 0 bridgehead atoms. The van der Waals surface area contributed by atoms with Gasteiger partial charge in [0, 0.05) is 18.0 Å². The van der Waals surface area contributed by atoms with Gasteiger partial charge in [0.15, 0.2) is 5.16 Å². The van der Waals surface area contributed by atoms with Crippen molar-refractivity contribution in [3.05, 3.63) is 10.4 Å². The number of hydrogen-bond donors (Lipinski definition) is 1. The predicted octanol–water partition coefficient (Wildman–Crippen LogP) is 3.44. The van der Waals surface area contributed by atoms with E-state index in [1.807, 2.05) is 0 Å². The Kier molecular flexibility index (Phi) is 6.77. The maximum atomic E-state index is 12.7. The normalized spacial score (nSPS) is 19.4. The molecule has 1 atom stereocenters. The Morgan fingerprint density at radius 3 is 2.90 bits per heavy atom. The van der Waals surface area contributed by atoms with E-state index < -0.39 is 0 Å². The van der Waals surface area contributed by atoms with Crippen molar-refractivity contribution in [3.63, 3.8) is 0 Å². The summed E-state index contributed by atoms with van der Waals surface area (Å²) in [6.45, 7) is 3.27.